The molecule has 1 rings (SSSR count). The molecule has 1 amide bonds. The predicted octanol–water partition coefficient (Wildman–Crippen LogP) is 1.32. The maximum Gasteiger partial charge on any atom is 0.323 e. The van der Waals surface area contributed by atoms with E-state index in [1.807, 2.05) is 6.92 Å². The molecule has 24 heavy (non-hydrogen) atoms. The van der Waals surface area contributed by atoms with Crippen LogP contribution in [-0.4, -0.2) is 49.9 Å². The lowest BCUT2D eigenvalue weighted by molar-refractivity contribution is -0.142. The van der Waals surface area contributed by atoms with Gasteiger partial charge < -0.3 is 10.0 Å². The third kappa shape index (κ3) is 6.13. The van der Waals surface area contributed by atoms with Crippen molar-refractivity contribution >= 4 is 28.0 Å². The van der Waals surface area contributed by atoms with Gasteiger partial charge in [-0.3, -0.25) is 9.59 Å². The van der Waals surface area contributed by atoms with Crippen molar-refractivity contribution in [1.82, 2.24) is 9.62 Å². The van der Waals surface area contributed by atoms with Crippen LogP contribution in [0.5, 0.6) is 0 Å². The molecular formula is C16H22N2O5S. The van der Waals surface area contributed by atoms with Gasteiger partial charge in [0.15, 0.2) is 0 Å². The summed E-state index contributed by atoms with van der Waals surface area (Å²) in [5.41, 5.74) is 0.644. The fourth-order valence-corrected chi connectivity index (χ4v) is 3.05. The maximum absolute atomic E-state index is 12.0. The van der Waals surface area contributed by atoms with Crippen LogP contribution in [0.2, 0.25) is 0 Å². The lowest BCUT2D eigenvalue weighted by Gasteiger charge is -2.17. The lowest BCUT2D eigenvalue weighted by atomic mass is 10.2. The molecular weight excluding hydrogens is 332 g/mol. The average Bonchev–Trinajstić information content (AvgIpc) is 2.52. The molecule has 2 N–H and O–H groups in total. The molecule has 0 atom stereocenters. The van der Waals surface area contributed by atoms with Crippen LogP contribution < -0.4 is 4.72 Å². The van der Waals surface area contributed by atoms with Crippen molar-refractivity contribution in [2.45, 2.75) is 25.2 Å². The quantitative estimate of drug-likeness (QED) is 0.651. The second-order valence-electron chi connectivity index (χ2n) is 5.06. The molecule has 1 aromatic rings. The van der Waals surface area contributed by atoms with Gasteiger partial charge in [0.2, 0.25) is 15.9 Å². The summed E-state index contributed by atoms with van der Waals surface area (Å²) >= 11 is 0. The summed E-state index contributed by atoms with van der Waals surface area (Å²) in [6, 6.07) is 6.05. The van der Waals surface area contributed by atoms with Gasteiger partial charge in [-0.1, -0.05) is 26.0 Å². The summed E-state index contributed by atoms with van der Waals surface area (Å²) < 4.78 is 26.0. The summed E-state index contributed by atoms with van der Waals surface area (Å²) in [6.07, 6.45) is 3.47. The van der Waals surface area contributed by atoms with Crippen LogP contribution in [0.4, 0.5) is 0 Å². The topological polar surface area (TPSA) is 104 Å². The van der Waals surface area contributed by atoms with Crippen LogP contribution in [-0.2, 0) is 19.6 Å². The van der Waals surface area contributed by atoms with Crippen molar-refractivity contribution in [3.05, 3.63) is 35.9 Å². The van der Waals surface area contributed by atoms with E-state index in [0.29, 0.717) is 25.1 Å². The number of carboxylic acid groups (broad SMARTS) is 1. The van der Waals surface area contributed by atoms with Crippen LogP contribution in [0.1, 0.15) is 25.8 Å². The number of amides is 1. The first-order chi connectivity index (χ1) is 11.3. The molecule has 0 unspecified atom stereocenters. The lowest BCUT2D eigenvalue weighted by Crippen LogP contribution is -2.35. The normalized spacial score (nSPS) is 11.6. The number of benzene rings is 1. The molecule has 0 aromatic heterocycles. The van der Waals surface area contributed by atoms with Crippen molar-refractivity contribution in [1.29, 1.82) is 0 Å². The number of carbonyl (C=O) groups excluding carboxylic acids is 1. The zero-order valence-corrected chi connectivity index (χ0v) is 14.5. The minimum absolute atomic E-state index is 0.145. The Kier molecular flexibility index (Phi) is 7.60. The number of carboxylic acids is 1. The van der Waals surface area contributed by atoms with Crippen LogP contribution in [0.15, 0.2) is 35.2 Å². The van der Waals surface area contributed by atoms with E-state index in [1.165, 1.54) is 29.2 Å². The third-order valence-electron chi connectivity index (χ3n) is 3.07. The minimum atomic E-state index is -3.51. The number of nitrogens with one attached hydrogen (secondary N) is 1. The Balaban J connectivity index is 2.83. The Morgan fingerprint density at radius 1 is 1.21 bits per heavy atom. The van der Waals surface area contributed by atoms with Crippen LogP contribution >= 0.6 is 0 Å². The monoisotopic (exact) mass is 354 g/mol. The van der Waals surface area contributed by atoms with Gasteiger partial charge in [-0.25, -0.2) is 13.1 Å². The summed E-state index contributed by atoms with van der Waals surface area (Å²) in [5.74, 6) is -1.47. The van der Waals surface area contributed by atoms with E-state index in [9.17, 15) is 18.0 Å². The fourth-order valence-electron chi connectivity index (χ4n) is 2.00. The molecule has 0 saturated heterocycles. The van der Waals surface area contributed by atoms with E-state index in [-0.39, 0.29) is 11.4 Å². The molecule has 0 heterocycles. The predicted molar refractivity (Wildman–Crippen MR) is 90.8 cm³/mol. The van der Waals surface area contributed by atoms with Crippen LogP contribution in [0.25, 0.3) is 6.08 Å². The molecule has 0 radical (unpaired) electrons. The van der Waals surface area contributed by atoms with E-state index < -0.39 is 21.9 Å². The van der Waals surface area contributed by atoms with Crippen LogP contribution in [0.3, 0.4) is 0 Å². The van der Waals surface area contributed by atoms with Gasteiger partial charge in [0, 0.05) is 19.2 Å². The minimum Gasteiger partial charge on any atom is -0.480 e. The first-order valence-electron chi connectivity index (χ1n) is 7.58. The van der Waals surface area contributed by atoms with Crippen molar-refractivity contribution in [2.24, 2.45) is 0 Å². The molecule has 132 valence electrons. The smallest absolute Gasteiger partial charge is 0.323 e. The van der Waals surface area contributed by atoms with Gasteiger partial charge in [0.1, 0.15) is 6.54 Å². The number of rotatable bonds is 9. The Morgan fingerprint density at radius 3 is 2.33 bits per heavy atom. The second-order valence-corrected chi connectivity index (χ2v) is 6.82. The molecule has 0 fully saturated rings. The second kappa shape index (κ2) is 9.19. The van der Waals surface area contributed by atoms with E-state index in [1.54, 1.807) is 19.1 Å². The molecule has 8 heteroatoms. The summed E-state index contributed by atoms with van der Waals surface area (Å²) in [4.78, 5) is 24.2. The number of aliphatic carboxylic acids is 1. The zero-order chi connectivity index (χ0) is 18.2. The van der Waals surface area contributed by atoms with Crippen LogP contribution in [0, 0.1) is 0 Å². The van der Waals surface area contributed by atoms with Gasteiger partial charge in [-0.15, -0.1) is 0 Å². The highest BCUT2D eigenvalue weighted by Gasteiger charge is 2.14. The molecule has 0 saturated carbocycles. The maximum atomic E-state index is 12.0. The number of hydrogen-bond donors (Lipinski definition) is 2. The van der Waals surface area contributed by atoms with Gasteiger partial charge in [0.05, 0.1) is 4.90 Å². The Labute approximate surface area is 142 Å². The molecule has 0 aliphatic carbocycles. The number of sulfonamides is 1. The van der Waals surface area contributed by atoms with E-state index in [2.05, 4.69) is 4.72 Å². The molecule has 0 aliphatic heterocycles. The molecule has 0 bridgehead atoms. The molecule has 1 aromatic carbocycles. The summed E-state index contributed by atoms with van der Waals surface area (Å²) in [7, 11) is -3.51. The van der Waals surface area contributed by atoms with Crippen molar-refractivity contribution in [2.75, 3.05) is 19.6 Å². The molecule has 0 spiro atoms. The van der Waals surface area contributed by atoms with Gasteiger partial charge in [-0.05, 0) is 30.2 Å². The van der Waals surface area contributed by atoms with Gasteiger partial charge in [-0.2, -0.15) is 0 Å². The van der Waals surface area contributed by atoms with E-state index in [4.69, 9.17) is 5.11 Å². The van der Waals surface area contributed by atoms with Gasteiger partial charge >= 0.3 is 5.97 Å². The SMILES string of the molecule is CCCN(CC(=O)O)C(=O)/C=C/c1ccc(S(=O)(=O)NCC)cc1. The average molecular weight is 354 g/mol. The highest BCUT2D eigenvalue weighted by Crippen LogP contribution is 2.11. The third-order valence-corrected chi connectivity index (χ3v) is 4.64. The number of nitrogens with zero attached hydrogens (tertiary/aromatic N) is 1. The van der Waals surface area contributed by atoms with E-state index >= 15 is 0 Å². The largest absolute Gasteiger partial charge is 0.480 e. The highest BCUT2D eigenvalue weighted by atomic mass is 32.2. The van der Waals surface area contributed by atoms with Crippen molar-refractivity contribution in [3.8, 4) is 0 Å². The van der Waals surface area contributed by atoms with Crippen molar-refractivity contribution in [3.63, 3.8) is 0 Å². The highest BCUT2D eigenvalue weighted by molar-refractivity contribution is 7.89. The number of hydrogen-bond acceptors (Lipinski definition) is 4. The summed E-state index contributed by atoms with van der Waals surface area (Å²) in [6.45, 7) is 3.86. The Morgan fingerprint density at radius 2 is 1.83 bits per heavy atom. The van der Waals surface area contributed by atoms with Crippen molar-refractivity contribution < 1.29 is 23.1 Å². The fraction of sp³-hybridized carbons (Fsp3) is 0.375. The Bertz CT molecular complexity index is 696. The first kappa shape index (κ1) is 19.9. The standard InChI is InChI=1S/C16H22N2O5S/c1-3-11-18(12-16(20)21)15(19)10-7-13-5-8-14(9-6-13)24(22,23)17-4-2/h5-10,17H,3-4,11-12H2,1-2H3,(H,20,21)/b10-7+. The van der Waals surface area contributed by atoms with Gasteiger partial charge in [0.25, 0.3) is 0 Å². The number of carbonyl (C=O) groups is 2. The molecule has 7 nitrogen and oxygen atoms in total. The summed E-state index contributed by atoms with van der Waals surface area (Å²) in [5, 5.41) is 8.81. The zero-order valence-electron chi connectivity index (χ0n) is 13.7. The first-order valence-corrected chi connectivity index (χ1v) is 9.07. The van der Waals surface area contributed by atoms with E-state index in [0.717, 1.165) is 0 Å². The Hall–Kier alpha value is -2.19. The molecule has 0 aliphatic rings.